The van der Waals surface area contributed by atoms with E-state index in [-0.39, 0.29) is 17.7 Å². The van der Waals surface area contributed by atoms with E-state index >= 15 is 0 Å². The lowest BCUT2D eigenvalue weighted by Crippen LogP contribution is -2.29. The molecule has 19 heavy (non-hydrogen) atoms. The molecule has 0 radical (unpaired) electrons. The molecule has 1 heterocycles. The van der Waals surface area contributed by atoms with Gasteiger partial charge in [-0.15, -0.1) is 0 Å². The number of nitrogens with zero attached hydrogens (tertiary/aromatic N) is 2. The summed E-state index contributed by atoms with van der Waals surface area (Å²) < 4.78 is 4.80. The lowest BCUT2D eigenvalue weighted by atomic mass is 10.3. The van der Waals surface area contributed by atoms with Crippen molar-refractivity contribution in [3.63, 3.8) is 0 Å². The first-order chi connectivity index (χ1) is 9.17. The fourth-order valence-corrected chi connectivity index (χ4v) is 1.40. The molecule has 0 spiro atoms. The second-order valence-corrected chi connectivity index (χ2v) is 4.08. The van der Waals surface area contributed by atoms with Crippen LogP contribution < -0.4 is 10.6 Å². The summed E-state index contributed by atoms with van der Waals surface area (Å²) in [6, 6.07) is 0. The molecule has 7 nitrogen and oxygen atoms in total. The van der Waals surface area contributed by atoms with Crippen molar-refractivity contribution in [1.82, 2.24) is 20.8 Å². The summed E-state index contributed by atoms with van der Waals surface area (Å²) in [6.45, 7) is 4.83. The van der Waals surface area contributed by atoms with E-state index in [0.717, 1.165) is 6.42 Å². The Kier molecular flexibility index (Phi) is 6.56. The van der Waals surface area contributed by atoms with Crippen LogP contribution >= 0.6 is 0 Å². The Balaban J connectivity index is 2.15. The highest BCUT2D eigenvalue weighted by Gasteiger charge is 2.13. The van der Waals surface area contributed by atoms with Crippen molar-refractivity contribution in [2.75, 3.05) is 13.1 Å². The molecular formula is C12H20N4O3. The van der Waals surface area contributed by atoms with Crippen molar-refractivity contribution < 1.29 is 14.1 Å². The Bertz CT molecular complexity index is 417. The third-order valence-electron chi connectivity index (χ3n) is 2.42. The van der Waals surface area contributed by atoms with E-state index in [9.17, 15) is 9.59 Å². The van der Waals surface area contributed by atoms with E-state index in [1.165, 1.54) is 0 Å². The highest BCUT2D eigenvalue weighted by molar-refractivity contribution is 5.89. The summed E-state index contributed by atoms with van der Waals surface area (Å²) in [5.41, 5.74) is 0. The number of hydrogen-bond donors (Lipinski definition) is 2. The monoisotopic (exact) mass is 268 g/mol. The normalized spacial score (nSPS) is 10.2. The Labute approximate surface area is 112 Å². The SMILES string of the molecule is CCCC(=O)NCCCNC(=O)c1nc(CC)no1. The van der Waals surface area contributed by atoms with Gasteiger partial charge < -0.3 is 15.2 Å². The predicted molar refractivity (Wildman–Crippen MR) is 68.5 cm³/mol. The fraction of sp³-hybridized carbons (Fsp3) is 0.667. The molecule has 0 unspecified atom stereocenters. The zero-order valence-corrected chi connectivity index (χ0v) is 11.4. The molecule has 0 aliphatic rings. The third-order valence-corrected chi connectivity index (χ3v) is 2.42. The van der Waals surface area contributed by atoms with Crippen LogP contribution in [0.3, 0.4) is 0 Å². The third kappa shape index (κ3) is 5.50. The van der Waals surface area contributed by atoms with Crippen LogP contribution in [0.25, 0.3) is 0 Å². The molecule has 0 fully saturated rings. The second kappa shape index (κ2) is 8.23. The standard InChI is InChI=1S/C12H20N4O3/c1-3-6-10(17)13-7-5-8-14-11(18)12-15-9(4-2)16-19-12/h3-8H2,1-2H3,(H,13,17)(H,14,18). The Hall–Kier alpha value is -1.92. The van der Waals surface area contributed by atoms with Gasteiger partial charge in [-0.05, 0) is 12.8 Å². The Morgan fingerprint density at radius 2 is 1.95 bits per heavy atom. The van der Waals surface area contributed by atoms with Crippen molar-refractivity contribution in [1.29, 1.82) is 0 Å². The molecule has 1 rings (SSSR count). The average Bonchev–Trinajstić information content (AvgIpc) is 2.87. The summed E-state index contributed by atoms with van der Waals surface area (Å²) in [5, 5.41) is 9.06. The van der Waals surface area contributed by atoms with Gasteiger partial charge in [-0.3, -0.25) is 9.59 Å². The molecule has 0 aliphatic heterocycles. The summed E-state index contributed by atoms with van der Waals surface area (Å²) in [4.78, 5) is 26.7. The first kappa shape index (κ1) is 15.1. The minimum atomic E-state index is -0.382. The number of aromatic nitrogens is 2. The van der Waals surface area contributed by atoms with E-state index < -0.39 is 0 Å². The zero-order chi connectivity index (χ0) is 14.1. The molecule has 0 atom stereocenters. The molecule has 2 amide bonds. The lowest BCUT2D eigenvalue weighted by Gasteiger charge is -2.04. The highest BCUT2D eigenvalue weighted by atomic mass is 16.5. The van der Waals surface area contributed by atoms with E-state index in [0.29, 0.717) is 38.2 Å². The van der Waals surface area contributed by atoms with Crippen LogP contribution in [0.2, 0.25) is 0 Å². The van der Waals surface area contributed by atoms with Crippen LogP contribution in [-0.2, 0) is 11.2 Å². The molecule has 0 aliphatic carbocycles. The van der Waals surface area contributed by atoms with Gasteiger partial charge >= 0.3 is 11.8 Å². The van der Waals surface area contributed by atoms with Crippen LogP contribution in [0.1, 0.15) is 49.6 Å². The van der Waals surface area contributed by atoms with Gasteiger partial charge in [-0.2, -0.15) is 4.98 Å². The fourth-order valence-electron chi connectivity index (χ4n) is 1.40. The number of carbonyl (C=O) groups excluding carboxylic acids is 2. The maximum atomic E-state index is 11.6. The van der Waals surface area contributed by atoms with Gasteiger partial charge in [0.05, 0.1) is 0 Å². The van der Waals surface area contributed by atoms with Gasteiger partial charge in [0.25, 0.3) is 0 Å². The summed E-state index contributed by atoms with van der Waals surface area (Å²) in [5.74, 6) is 0.147. The molecule has 2 N–H and O–H groups in total. The highest BCUT2D eigenvalue weighted by Crippen LogP contribution is 1.97. The second-order valence-electron chi connectivity index (χ2n) is 4.08. The number of aryl methyl sites for hydroxylation is 1. The van der Waals surface area contributed by atoms with Gasteiger partial charge in [-0.1, -0.05) is 19.0 Å². The van der Waals surface area contributed by atoms with E-state index in [2.05, 4.69) is 20.8 Å². The molecule has 106 valence electrons. The van der Waals surface area contributed by atoms with Crippen molar-refractivity contribution in [2.45, 2.75) is 39.5 Å². The molecule has 7 heteroatoms. The molecule has 0 bridgehead atoms. The van der Waals surface area contributed by atoms with Gasteiger partial charge in [0.15, 0.2) is 5.82 Å². The smallest absolute Gasteiger partial charge is 0.315 e. The number of rotatable bonds is 8. The van der Waals surface area contributed by atoms with E-state index in [1.54, 1.807) is 0 Å². The summed E-state index contributed by atoms with van der Waals surface area (Å²) in [6.07, 6.45) is 2.66. The van der Waals surface area contributed by atoms with E-state index in [4.69, 9.17) is 4.52 Å². The molecule has 0 saturated heterocycles. The average molecular weight is 268 g/mol. The van der Waals surface area contributed by atoms with Crippen molar-refractivity contribution >= 4 is 11.8 Å². The zero-order valence-electron chi connectivity index (χ0n) is 11.4. The minimum Gasteiger partial charge on any atom is -0.356 e. The number of nitrogens with one attached hydrogen (secondary N) is 2. The van der Waals surface area contributed by atoms with Crippen molar-refractivity contribution in [3.05, 3.63) is 11.7 Å². The lowest BCUT2D eigenvalue weighted by molar-refractivity contribution is -0.121. The van der Waals surface area contributed by atoms with Gasteiger partial charge in [0, 0.05) is 25.9 Å². The summed E-state index contributed by atoms with van der Waals surface area (Å²) in [7, 11) is 0. The first-order valence-corrected chi connectivity index (χ1v) is 6.54. The Morgan fingerprint density at radius 1 is 1.21 bits per heavy atom. The number of carbonyl (C=O) groups is 2. The molecular weight excluding hydrogens is 248 g/mol. The molecule has 0 aromatic carbocycles. The number of hydrogen-bond acceptors (Lipinski definition) is 5. The topological polar surface area (TPSA) is 97.1 Å². The molecule has 1 aromatic heterocycles. The van der Waals surface area contributed by atoms with Crippen LogP contribution in [0, 0.1) is 0 Å². The van der Waals surface area contributed by atoms with Crippen LogP contribution in [0.4, 0.5) is 0 Å². The van der Waals surface area contributed by atoms with Crippen LogP contribution in [0.15, 0.2) is 4.52 Å². The van der Waals surface area contributed by atoms with Gasteiger partial charge in [0.1, 0.15) is 0 Å². The summed E-state index contributed by atoms with van der Waals surface area (Å²) >= 11 is 0. The van der Waals surface area contributed by atoms with Crippen molar-refractivity contribution in [2.24, 2.45) is 0 Å². The Morgan fingerprint density at radius 3 is 2.58 bits per heavy atom. The van der Waals surface area contributed by atoms with Crippen molar-refractivity contribution in [3.8, 4) is 0 Å². The molecule has 0 saturated carbocycles. The van der Waals surface area contributed by atoms with Gasteiger partial charge in [0.2, 0.25) is 5.91 Å². The molecule has 1 aromatic rings. The maximum Gasteiger partial charge on any atom is 0.315 e. The largest absolute Gasteiger partial charge is 0.356 e. The van der Waals surface area contributed by atoms with Crippen LogP contribution in [0.5, 0.6) is 0 Å². The van der Waals surface area contributed by atoms with E-state index in [1.807, 2.05) is 13.8 Å². The quantitative estimate of drug-likeness (QED) is 0.675. The van der Waals surface area contributed by atoms with Gasteiger partial charge in [-0.25, -0.2) is 0 Å². The van der Waals surface area contributed by atoms with Crippen LogP contribution in [-0.4, -0.2) is 35.0 Å². The maximum absolute atomic E-state index is 11.6. The number of amides is 2. The predicted octanol–water partition coefficient (Wildman–Crippen LogP) is 0.668. The first-order valence-electron chi connectivity index (χ1n) is 6.54. The minimum absolute atomic E-state index is 0.0214.